The molecule has 19 heavy (non-hydrogen) atoms. The van der Waals surface area contributed by atoms with E-state index in [9.17, 15) is 8.42 Å². The van der Waals surface area contributed by atoms with Gasteiger partial charge in [-0.3, -0.25) is 4.90 Å². The van der Waals surface area contributed by atoms with E-state index in [1.165, 1.54) is 25.5 Å². The van der Waals surface area contributed by atoms with Crippen molar-refractivity contribution in [1.29, 1.82) is 0 Å². The summed E-state index contributed by atoms with van der Waals surface area (Å²) in [6.45, 7) is 5.12. The number of rotatable bonds is 4. The fraction of sp³-hybridized carbons (Fsp3) is 1.00. The molecule has 0 aromatic heterocycles. The average Bonchev–Trinajstić information content (AvgIpc) is 2.38. The number of hydrogen-bond acceptors (Lipinski definition) is 5. The van der Waals surface area contributed by atoms with E-state index in [0.29, 0.717) is 6.04 Å². The van der Waals surface area contributed by atoms with Crippen molar-refractivity contribution in [2.45, 2.75) is 37.6 Å². The van der Waals surface area contributed by atoms with Gasteiger partial charge in [0.2, 0.25) is 0 Å². The third kappa shape index (κ3) is 4.34. The Balaban J connectivity index is 1.96. The zero-order valence-corrected chi connectivity index (χ0v) is 13.6. The summed E-state index contributed by atoms with van der Waals surface area (Å²) in [5.74, 6) is 2.58. The molecule has 0 amide bonds. The normalized spacial score (nSPS) is 34.3. The van der Waals surface area contributed by atoms with E-state index in [-0.39, 0.29) is 5.37 Å². The molecule has 0 spiro atoms. The highest BCUT2D eigenvalue weighted by Gasteiger charge is 2.33. The van der Waals surface area contributed by atoms with Gasteiger partial charge in [0.15, 0.2) is 9.84 Å². The molecular weight excluding hydrogens is 280 g/mol. The van der Waals surface area contributed by atoms with Gasteiger partial charge in [-0.1, -0.05) is 13.3 Å². The van der Waals surface area contributed by atoms with Crippen molar-refractivity contribution in [3.05, 3.63) is 0 Å². The lowest BCUT2D eigenvalue weighted by Gasteiger charge is -2.39. The lowest BCUT2D eigenvalue weighted by molar-refractivity contribution is 0.197. The minimum atomic E-state index is -2.97. The number of hydrogen-bond donors (Lipinski definition) is 1. The van der Waals surface area contributed by atoms with Crippen molar-refractivity contribution < 1.29 is 8.42 Å². The van der Waals surface area contributed by atoms with Gasteiger partial charge < -0.3 is 5.32 Å². The van der Waals surface area contributed by atoms with E-state index in [1.54, 1.807) is 11.8 Å². The van der Waals surface area contributed by atoms with Crippen LogP contribution in [0.2, 0.25) is 0 Å². The third-order valence-electron chi connectivity index (χ3n) is 4.32. The maximum atomic E-state index is 11.9. The van der Waals surface area contributed by atoms with Crippen LogP contribution < -0.4 is 5.32 Å². The second-order valence-electron chi connectivity index (χ2n) is 5.80. The van der Waals surface area contributed by atoms with E-state index >= 15 is 0 Å². The first-order valence-electron chi connectivity index (χ1n) is 7.24. The van der Waals surface area contributed by atoms with Gasteiger partial charge in [-0.15, -0.1) is 0 Å². The molecule has 2 aliphatic heterocycles. The minimum Gasteiger partial charge on any atom is -0.313 e. The Bertz CT molecular complexity index is 386. The zero-order chi connectivity index (χ0) is 13.9. The van der Waals surface area contributed by atoms with Gasteiger partial charge >= 0.3 is 0 Å². The Morgan fingerprint density at radius 2 is 2.21 bits per heavy atom. The Labute approximate surface area is 121 Å². The molecule has 2 saturated heterocycles. The van der Waals surface area contributed by atoms with Crippen LogP contribution in [0.3, 0.4) is 0 Å². The highest BCUT2D eigenvalue weighted by molar-refractivity contribution is 8.00. The van der Waals surface area contributed by atoms with Crippen LogP contribution in [0.1, 0.15) is 26.2 Å². The van der Waals surface area contributed by atoms with Crippen molar-refractivity contribution in [3.63, 3.8) is 0 Å². The van der Waals surface area contributed by atoms with E-state index in [4.69, 9.17) is 0 Å². The first-order valence-corrected chi connectivity index (χ1v) is 10.4. The highest BCUT2D eigenvalue weighted by Crippen LogP contribution is 2.24. The maximum absolute atomic E-state index is 11.9. The quantitative estimate of drug-likeness (QED) is 0.845. The SMILES string of the molecule is CCC1CCNC(CN2CCSCC2S(C)(=O)=O)C1. The fourth-order valence-corrected chi connectivity index (χ4v) is 6.06. The molecule has 2 heterocycles. The largest absolute Gasteiger partial charge is 0.313 e. The molecule has 0 saturated carbocycles. The predicted molar refractivity (Wildman–Crippen MR) is 82.3 cm³/mol. The predicted octanol–water partition coefficient (Wildman–Crippen LogP) is 1.18. The van der Waals surface area contributed by atoms with Gasteiger partial charge in [0.1, 0.15) is 5.37 Å². The lowest BCUT2D eigenvalue weighted by atomic mass is 9.90. The average molecular weight is 306 g/mol. The van der Waals surface area contributed by atoms with E-state index < -0.39 is 9.84 Å². The summed E-state index contributed by atoms with van der Waals surface area (Å²) in [6, 6.07) is 0.464. The lowest BCUT2D eigenvalue weighted by Crippen LogP contribution is -2.53. The van der Waals surface area contributed by atoms with Crippen molar-refractivity contribution in [3.8, 4) is 0 Å². The van der Waals surface area contributed by atoms with Crippen LogP contribution in [0.25, 0.3) is 0 Å². The van der Waals surface area contributed by atoms with Crippen LogP contribution in [-0.4, -0.2) is 62.1 Å². The molecule has 2 aliphatic rings. The van der Waals surface area contributed by atoms with Gasteiger partial charge in [-0.05, 0) is 25.3 Å². The molecule has 0 bridgehead atoms. The topological polar surface area (TPSA) is 49.4 Å². The van der Waals surface area contributed by atoms with Crippen LogP contribution >= 0.6 is 11.8 Å². The second-order valence-corrected chi connectivity index (χ2v) is 9.16. The Hall–Kier alpha value is 0.220. The van der Waals surface area contributed by atoms with Crippen molar-refractivity contribution in [1.82, 2.24) is 10.2 Å². The van der Waals surface area contributed by atoms with Crippen LogP contribution in [0.15, 0.2) is 0 Å². The fourth-order valence-electron chi connectivity index (χ4n) is 3.11. The summed E-state index contributed by atoms with van der Waals surface area (Å²) in [7, 11) is -2.97. The van der Waals surface area contributed by atoms with Crippen molar-refractivity contribution in [2.24, 2.45) is 5.92 Å². The number of sulfone groups is 1. The van der Waals surface area contributed by atoms with Crippen LogP contribution in [0.5, 0.6) is 0 Å². The van der Waals surface area contributed by atoms with Gasteiger partial charge in [0.25, 0.3) is 0 Å². The molecule has 4 nitrogen and oxygen atoms in total. The second kappa shape index (κ2) is 6.78. The van der Waals surface area contributed by atoms with Gasteiger partial charge in [0.05, 0.1) is 0 Å². The van der Waals surface area contributed by atoms with E-state index in [1.807, 2.05) is 0 Å². The monoisotopic (exact) mass is 306 g/mol. The Morgan fingerprint density at radius 3 is 2.89 bits per heavy atom. The number of nitrogens with one attached hydrogen (secondary N) is 1. The van der Waals surface area contributed by atoms with Crippen molar-refractivity contribution in [2.75, 3.05) is 37.4 Å². The molecule has 2 fully saturated rings. The molecular formula is C13H26N2O2S2. The summed E-state index contributed by atoms with van der Waals surface area (Å²) in [5.41, 5.74) is 0. The maximum Gasteiger partial charge on any atom is 0.164 e. The molecule has 0 radical (unpaired) electrons. The summed E-state index contributed by atoms with van der Waals surface area (Å²) in [5, 5.41) is 3.28. The Kier molecular flexibility index (Phi) is 5.57. The minimum absolute atomic E-state index is 0.282. The van der Waals surface area contributed by atoms with Gasteiger partial charge in [-0.25, -0.2) is 8.42 Å². The first-order chi connectivity index (χ1) is 9.00. The molecule has 6 heteroatoms. The van der Waals surface area contributed by atoms with Crippen molar-refractivity contribution >= 4 is 21.6 Å². The number of thioether (sulfide) groups is 1. The summed E-state index contributed by atoms with van der Waals surface area (Å²) in [4.78, 5) is 2.18. The molecule has 3 unspecified atom stereocenters. The standard InChI is InChI=1S/C13H26N2O2S2/c1-3-11-4-5-14-12(8-11)9-15-6-7-18-10-13(15)19(2,16)17/h11-14H,3-10H2,1-2H3. The third-order valence-corrected chi connectivity index (χ3v) is 7.01. The summed E-state index contributed by atoms with van der Waals surface area (Å²) in [6.07, 6.45) is 5.07. The number of piperidine rings is 1. The van der Waals surface area contributed by atoms with Gasteiger partial charge in [-0.2, -0.15) is 11.8 Å². The summed E-state index contributed by atoms with van der Waals surface area (Å²) >= 11 is 1.76. The molecule has 0 aromatic carbocycles. The van der Waals surface area contributed by atoms with Gasteiger partial charge in [0, 0.05) is 36.9 Å². The summed E-state index contributed by atoms with van der Waals surface area (Å²) < 4.78 is 23.8. The number of nitrogens with zero attached hydrogens (tertiary/aromatic N) is 1. The van der Waals surface area contributed by atoms with Crippen LogP contribution in [0.4, 0.5) is 0 Å². The molecule has 1 N–H and O–H groups in total. The molecule has 3 atom stereocenters. The zero-order valence-electron chi connectivity index (χ0n) is 12.0. The van der Waals surface area contributed by atoms with Crippen LogP contribution in [-0.2, 0) is 9.84 Å². The first kappa shape index (κ1) is 15.6. The molecule has 2 rings (SSSR count). The van der Waals surface area contributed by atoms with Crippen LogP contribution in [0, 0.1) is 5.92 Å². The smallest absolute Gasteiger partial charge is 0.164 e. The molecule has 0 aliphatic carbocycles. The van der Waals surface area contributed by atoms with E-state index in [0.717, 1.165) is 37.1 Å². The molecule has 0 aromatic rings. The Morgan fingerprint density at radius 1 is 1.42 bits per heavy atom. The molecule has 112 valence electrons. The van der Waals surface area contributed by atoms with E-state index in [2.05, 4.69) is 17.1 Å². The highest BCUT2D eigenvalue weighted by atomic mass is 32.2.